The van der Waals surface area contributed by atoms with Crippen molar-refractivity contribution in [1.82, 2.24) is 0 Å². The largest absolute Gasteiger partial charge is 0.496 e. The second-order valence-electron chi connectivity index (χ2n) is 6.77. The van der Waals surface area contributed by atoms with Crippen LogP contribution < -0.4 is 4.74 Å². The van der Waals surface area contributed by atoms with Gasteiger partial charge in [0, 0.05) is 16.0 Å². The van der Waals surface area contributed by atoms with E-state index in [2.05, 4.69) is 12.1 Å². The van der Waals surface area contributed by atoms with Crippen molar-refractivity contribution >= 4 is 17.5 Å². The van der Waals surface area contributed by atoms with Crippen molar-refractivity contribution in [2.45, 2.75) is 21.9 Å². The first kappa shape index (κ1) is 16.6. The normalized spacial score (nSPS) is 25.9. The van der Waals surface area contributed by atoms with Crippen LogP contribution in [0.3, 0.4) is 0 Å². The molecule has 5 rings (SSSR count). The summed E-state index contributed by atoms with van der Waals surface area (Å²) >= 11 is 1.71. The van der Waals surface area contributed by atoms with Crippen LogP contribution in [0.25, 0.3) is 0 Å². The van der Waals surface area contributed by atoms with Crippen LogP contribution in [-0.2, 0) is 4.74 Å². The molecule has 3 nitrogen and oxygen atoms in total. The van der Waals surface area contributed by atoms with Gasteiger partial charge in [-0.1, -0.05) is 66.7 Å². The molecule has 2 heterocycles. The molecular weight excluding hydrogens is 356 g/mol. The fourth-order valence-corrected chi connectivity index (χ4v) is 5.41. The number of hydrogen-bond donors (Lipinski definition) is 0. The molecule has 1 spiro atoms. The van der Waals surface area contributed by atoms with E-state index in [4.69, 9.17) is 9.47 Å². The van der Waals surface area contributed by atoms with E-state index in [0.717, 1.165) is 27.3 Å². The minimum Gasteiger partial charge on any atom is -0.496 e. The second kappa shape index (κ2) is 6.25. The van der Waals surface area contributed by atoms with E-state index >= 15 is 0 Å². The number of hydrogen-bond acceptors (Lipinski definition) is 4. The van der Waals surface area contributed by atoms with E-state index in [1.165, 1.54) is 0 Å². The summed E-state index contributed by atoms with van der Waals surface area (Å²) in [6.07, 6.45) is -0.313. The summed E-state index contributed by atoms with van der Waals surface area (Å²) in [5.74, 6) is 0.810. The van der Waals surface area contributed by atoms with Crippen molar-refractivity contribution in [2.24, 2.45) is 0 Å². The van der Waals surface area contributed by atoms with Crippen molar-refractivity contribution in [3.63, 3.8) is 0 Å². The molecule has 4 heteroatoms. The Labute approximate surface area is 162 Å². The minimum atomic E-state index is -0.894. The third-order valence-corrected chi connectivity index (χ3v) is 6.76. The highest BCUT2D eigenvalue weighted by atomic mass is 32.2. The summed E-state index contributed by atoms with van der Waals surface area (Å²) in [5, 5.41) is -0.101. The lowest BCUT2D eigenvalue weighted by molar-refractivity contribution is 0.0861. The molecule has 27 heavy (non-hydrogen) atoms. The average Bonchev–Trinajstić information content (AvgIpc) is 3.47. The second-order valence-corrected chi connectivity index (χ2v) is 7.91. The van der Waals surface area contributed by atoms with Crippen LogP contribution in [0.2, 0.25) is 0 Å². The van der Waals surface area contributed by atoms with Crippen molar-refractivity contribution < 1.29 is 14.3 Å². The fourth-order valence-electron chi connectivity index (χ4n) is 3.95. The monoisotopic (exact) mass is 374 g/mol. The molecule has 3 unspecified atom stereocenters. The summed E-state index contributed by atoms with van der Waals surface area (Å²) in [6, 6.07) is 25.7. The Balaban J connectivity index is 1.66. The first-order valence-electron chi connectivity index (χ1n) is 8.92. The van der Waals surface area contributed by atoms with Crippen LogP contribution in [0.1, 0.15) is 32.8 Å². The number of rotatable bonds is 3. The number of Topliss-reactive ketones (excluding diaryl/α,β-unsaturated/α-hetero) is 1. The van der Waals surface area contributed by atoms with Gasteiger partial charge in [0.1, 0.15) is 11.9 Å². The van der Waals surface area contributed by atoms with Crippen LogP contribution in [0.15, 0.2) is 83.8 Å². The fraction of sp³-hybridized carbons (Fsp3) is 0.174. The van der Waals surface area contributed by atoms with Crippen molar-refractivity contribution in [1.29, 1.82) is 0 Å². The Bertz CT molecular complexity index is 1020. The highest BCUT2D eigenvalue weighted by molar-refractivity contribution is 7.99. The van der Waals surface area contributed by atoms with Crippen LogP contribution in [0, 0.1) is 0 Å². The highest BCUT2D eigenvalue weighted by Gasteiger charge is 2.70. The summed E-state index contributed by atoms with van der Waals surface area (Å²) in [4.78, 5) is 14.6. The SMILES string of the molecule is COc1ccccc1C1OC12C(=O)c1ccccc1SC2c1ccccc1. The number of para-hydroxylation sites is 1. The number of benzene rings is 3. The van der Waals surface area contributed by atoms with E-state index in [-0.39, 0.29) is 17.1 Å². The Morgan fingerprint density at radius 3 is 2.44 bits per heavy atom. The molecular formula is C23H18O3S. The van der Waals surface area contributed by atoms with Gasteiger partial charge in [0.25, 0.3) is 0 Å². The zero-order chi connectivity index (χ0) is 18.4. The van der Waals surface area contributed by atoms with Crippen LogP contribution in [-0.4, -0.2) is 18.5 Å². The van der Waals surface area contributed by atoms with Crippen LogP contribution in [0.5, 0.6) is 5.75 Å². The average molecular weight is 374 g/mol. The van der Waals surface area contributed by atoms with Crippen LogP contribution in [0.4, 0.5) is 0 Å². The highest BCUT2D eigenvalue weighted by Crippen LogP contribution is 2.67. The van der Waals surface area contributed by atoms with E-state index in [1.807, 2.05) is 66.7 Å². The molecule has 0 aromatic heterocycles. The van der Waals surface area contributed by atoms with E-state index in [0.29, 0.717) is 0 Å². The van der Waals surface area contributed by atoms with Gasteiger partial charge in [0.15, 0.2) is 11.4 Å². The third-order valence-electron chi connectivity index (χ3n) is 5.29. The lowest BCUT2D eigenvalue weighted by Gasteiger charge is -2.30. The molecule has 134 valence electrons. The topological polar surface area (TPSA) is 38.8 Å². The Hall–Kier alpha value is -2.56. The predicted molar refractivity (Wildman–Crippen MR) is 105 cm³/mol. The number of carbonyl (C=O) groups is 1. The molecule has 0 bridgehead atoms. The van der Waals surface area contributed by atoms with Gasteiger partial charge in [0.05, 0.1) is 12.4 Å². The zero-order valence-corrected chi connectivity index (χ0v) is 15.6. The van der Waals surface area contributed by atoms with Gasteiger partial charge in [0.2, 0.25) is 0 Å². The molecule has 2 aliphatic rings. The van der Waals surface area contributed by atoms with Gasteiger partial charge in [-0.25, -0.2) is 0 Å². The standard InChI is InChI=1S/C23H18O3S/c1-25-18-13-7-5-11-16(18)21-23(26-21)20(24)17-12-6-8-14-19(17)27-22(23)15-9-3-2-4-10-15/h2-14,21-22H,1H3. The number of carbonyl (C=O) groups excluding carboxylic acids is 1. The number of fused-ring (bicyclic) bond motifs is 1. The molecule has 0 amide bonds. The van der Waals surface area contributed by atoms with Gasteiger partial charge in [-0.05, 0) is 17.7 Å². The molecule has 1 fully saturated rings. The maximum atomic E-state index is 13.6. The molecule has 1 saturated heterocycles. The number of ketones is 1. The first-order chi connectivity index (χ1) is 13.3. The lowest BCUT2D eigenvalue weighted by atomic mass is 9.84. The van der Waals surface area contributed by atoms with E-state index in [9.17, 15) is 4.79 Å². The number of thioether (sulfide) groups is 1. The van der Waals surface area contributed by atoms with Crippen LogP contribution >= 0.6 is 11.8 Å². The molecule has 0 aliphatic carbocycles. The zero-order valence-electron chi connectivity index (χ0n) is 14.8. The van der Waals surface area contributed by atoms with E-state index < -0.39 is 5.60 Å². The Morgan fingerprint density at radius 1 is 0.926 bits per heavy atom. The molecule has 3 aromatic rings. The molecule has 3 atom stereocenters. The summed E-state index contributed by atoms with van der Waals surface area (Å²) < 4.78 is 11.8. The van der Waals surface area contributed by atoms with Crippen molar-refractivity contribution in [3.8, 4) is 5.75 Å². The summed E-state index contributed by atoms with van der Waals surface area (Å²) in [5.41, 5.74) is 1.87. The summed E-state index contributed by atoms with van der Waals surface area (Å²) in [7, 11) is 1.65. The van der Waals surface area contributed by atoms with Crippen molar-refractivity contribution in [2.75, 3.05) is 7.11 Å². The molecule has 0 radical (unpaired) electrons. The first-order valence-corrected chi connectivity index (χ1v) is 9.80. The Kier molecular flexibility index (Phi) is 3.85. The van der Waals surface area contributed by atoms with Gasteiger partial charge in [-0.2, -0.15) is 0 Å². The van der Waals surface area contributed by atoms with E-state index in [1.54, 1.807) is 18.9 Å². The van der Waals surface area contributed by atoms with Gasteiger partial charge in [-0.15, -0.1) is 11.8 Å². The molecule has 3 aromatic carbocycles. The molecule has 2 aliphatic heterocycles. The summed E-state index contributed by atoms with van der Waals surface area (Å²) in [6.45, 7) is 0. The third kappa shape index (κ3) is 2.44. The minimum absolute atomic E-state index is 0.0570. The molecule has 0 saturated carbocycles. The van der Waals surface area contributed by atoms with Gasteiger partial charge < -0.3 is 9.47 Å². The van der Waals surface area contributed by atoms with Crippen molar-refractivity contribution in [3.05, 3.63) is 95.6 Å². The maximum Gasteiger partial charge on any atom is 0.200 e. The number of epoxide rings is 1. The number of methoxy groups -OCH3 is 1. The smallest absolute Gasteiger partial charge is 0.200 e. The Morgan fingerprint density at radius 2 is 1.63 bits per heavy atom. The molecule has 0 N–H and O–H groups in total. The maximum absolute atomic E-state index is 13.6. The number of ether oxygens (including phenoxy) is 2. The predicted octanol–water partition coefficient (Wildman–Crippen LogP) is 5.24. The van der Waals surface area contributed by atoms with Gasteiger partial charge in [-0.3, -0.25) is 4.79 Å². The lowest BCUT2D eigenvalue weighted by Crippen LogP contribution is -2.35. The van der Waals surface area contributed by atoms with Gasteiger partial charge >= 0.3 is 0 Å². The quantitative estimate of drug-likeness (QED) is 0.588.